The van der Waals surface area contributed by atoms with Crippen LogP contribution in [0.4, 0.5) is 5.69 Å². The van der Waals surface area contributed by atoms with Gasteiger partial charge < -0.3 is 10.1 Å². The van der Waals surface area contributed by atoms with Crippen molar-refractivity contribution >= 4 is 11.6 Å². The molecule has 0 fully saturated rings. The number of amides is 1. The summed E-state index contributed by atoms with van der Waals surface area (Å²) >= 11 is 0. The molecule has 0 aliphatic heterocycles. The Kier molecular flexibility index (Phi) is 4.84. The van der Waals surface area contributed by atoms with Gasteiger partial charge in [0.25, 0.3) is 5.91 Å². The number of carbonyl (C=O) groups excluding carboxylic acids is 1. The van der Waals surface area contributed by atoms with E-state index in [1.54, 1.807) is 19.4 Å². The van der Waals surface area contributed by atoms with Crippen LogP contribution in [0.25, 0.3) is 0 Å². The molecule has 0 bridgehead atoms. The zero-order valence-electron chi connectivity index (χ0n) is 14.6. The fourth-order valence-corrected chi connectivity index (χ4v) is 2.76. The maximum absolute atomic E-state index is 12.5. The molecule has 0 saturated carbocycles. The van der Waals surface area contributed by atoms with Crippen LogP contribution in [0.3, 0.4) is 0 Å². The van der Waals surface area contributed by atoms with Gasteiger partial charge in [-0.25, -0.2) is 0 Å². The van der Waals surface area contributed by atoms with Crippen LogP contribution in [0.15, 0.2) is 54.9 Å². The second-order valence-electron chi connectivity index (χ2n) is 5.94. The van der Waals surface area contributed by atoms with E-state index in [0.717, 1.165) is 5.56 Å². The third-order valence-electron chi connectivity index (χ3n) is 4.23. The number of rotatable bonds is 5. The fourth-order valence-electron chi connectivity index (χ4n) is 2.76. The van der Waals surface area contributed by atoms with E-state index in [0.29, 0.717) is 23.5 Å². The fraction of sp³-hybridized carbons (Fsp3) is 0.200. The Morgan fingerprint density at radius 1 is 1.16 bits per heavy atom. The van der Waals surface area contributed by atoms with E-state index in [9.17, 15) is 4.79 Å². The number of hydrogen-bond donors (Lipinski definition) is 1. The van der Waals surface area contributed by atoms with Gasteiger partial charge in [-0.1, -0.05) is 30.3 Å². The van der Waals surface area contributed by atoms with Crippen LogP contribution < -0.4 is 10.1 Å². The molecule has 0 aliphatic rings. The number of nitrogens with zero attached hydrogens (tertiary/aromatic N) is 2. The molecule has 0 aliphatic carbocycles. The number of aromatic nitrogens is 2. The Hall–Kier alpha value is -3.08. The van der Waals surface area contributed by atoms with Gasteiger partial charge in [0, 0.05) is 17.3 Å². The van der Waals surface area contributed by atoms with Crippen molar-refractivity contribution in [2.75, 3.05) is 12.4 Å². The van der Waals surface area contributed by atoms with Gasteiger partial charge in [0.2, 0.25) is 0 Å². The zero-order chi connectivity index (χ0) is 17.8. The van der Waals surface area contributed by atoms with Crippen LogP contribution >= 0.6 is 0 Å². The number of carbonyl (C=O) groups is 1. The summed E-state index contributed by atoms with van der Waals surface area (Å²) in [6, 6.07) is 13.6. The molecular weight excluding hydrogens is 314 g/mol. The highest BCUT2D eigenvalue weighted by molar-refractivity contribution is 6.05. The molecule has 3 aromatic rings. The molecule has 1 N–H and O–H groups in total. The largest absolute Gasteiger partial charge is 0.496 e. The Morgan fingerprint density at radius 3 is 2.72 bits per heavy atom. The lowest BCUT2D eigenvalue weighted by Crippen LogP contribution is -2.13. The highest BCUT2D eigenvalue weighted by Gasteiger charge is 2.13. The maximum atomic E-state index is 12.5. The molecule has 1 heterocycles. The lowest BCUT2D eigenvalue weighted by Gasteiger charge is -2.09. The van der Waals surface area contributed by atoms with Crippen molar-refractivity contribution in [3.8, 4) is 5.75 Å². The first-order chi connectivity index (χ1) is 12.1. The molecule has 0 atom stereocenters. The standard InChI is InChI=1S/C20H21N3O2/c1-14-7-4-5-8-16(14)12-23-13-17(11-21-23)22-20(24)18-9-6-10-19(25-3)15(18)2/h4-11,13H,12H2,1-3H3,(H,22,24). The average Bonchev–Trinajstić information content (AvgIpc) is 3.04. The molecule has 25 heavy (non-hydrogen) atoms. The number of hydrogen-bond acceptors (Lipinski definition) is 3. The van der Waals surface area contributed by atoms with Crippen LogP contribution in [0, 0.1) is 13.8 Å². The van der Waals surface area contributed by atoms with Crippen molar-refractivity contribution in [2.24, 2.45) is 0 Å². The van der Waals surface area contributed by atoms with Gasteiger partial charge in [-0.3, -0.25) is 9.48 Å². The number of anilines is 1. The van der Waals surface area contributed by atoms with Gasteiger partial charge in [0.15, 0.2) is 0 Å². The Labute approximate surface area is 147 Å². The Bertz CT molecular complexity index is 899. The topological polar surface area (TPSA) is 56.1 Å². The van der Waals surface area contributed by atoms with Gasteiger partial charge in [0.1, 0.15) is 5.75 Å². The predicted octanol–water partition coefficient (Wildman–Crippen LogP) is 3.81. The molecule has 1 amide bonds. The van der Waals surface area contributed by atoms with Gasteiger partial charge in [-0.05, 0) is 37.1 Å². The van der Waals surface area contributed by atoms with E-state index < -0.39 is 0 Å². The molecule has 128 valence electrons. The van der Waals surface area contributed by atoms with E-state index in [2.05, 4.69) is 29.5 Å². The zero-order valence-corrected chi connectivity index (χ0v) is 14.6. The van der Waals surface area contributed by atoms with Crippen molar-refractivity contribution in [1.82, 2.24) is 9.78 Å². The second kappa shape index (κ2) is 7.21. The number of benzene rings is 2. The first-order valence-electron chi connectivity index (χ1n) is 8.10. The highest BCUT2D eigenvalue weighted by atomic mass is 16.5. The van der Waals surface area contributed by atoms with Crippen LogP contribution in [0.1, 0.15) is 27.0 Å². The summed E-state index contributed by atoms with van der Waals surface area (Å²) in [7, 11) is 1.60. The lowest BCUT2D eigenvalue weighted by molar-refractivity contribution is 0.102. The minimum absolute atomic E-state index is 0.174. The molecule has 0 radical (unpaired) electrons. The van der Waals surface area contributed by atoms with E-state index in [1.807, 2.05) is 42.1 Å². The van der Waals surface area contributed by atoms with E-state index >= 15 is 0 Å². The third kappa shape index (κ3) is 3.71. The van der Waals surface area contributed by atoms with E-state index in [-0.39, 0.29) is 5.91 Å². The molecule has 3 rings (SSSR count). The number of methoxy groups -OCH3 is 1. The Balaban J connectivity index is 1.73. The summed E-state index contributed by atoms with van der Waals surface area (Å²) < 4.78 is 7.09. The smallest absolute Gasteiger partial charge is 0.256 e. The van der Waals surface area contributed by atoms with Gasteiger partial charge in [0.05, 0.1) is 25.5 Å². The number of ether oxygens (including phenoxy) is 1. The summed E-state index contributed by atoms with van der Waals surface area (Å²) in [6.07, 6.45) is 3.49. The summed E-state index contributed by atoms with van der Waals surface area (Å²) in [5.74, 6) is 0.523. The molecule has 1 aromatic heterocycles. The van der Waals surface area contributed by atoms with Crippen molar-refractivity contribution in [3.63, 3.8) is 0 Å². The first kappa shape index (κ1) is 16.8. The molecular formula is C20H21N3O2. The van der Waals surface area contributed by atoms with Crippen LogP contribution in [-0.2, 0) is 6.54 Å². The Morgan fingerprint density at radius 2 is 1.96 bits per heavy atom. The van der Waals surface area contributed by atoms with Crippen molar-refractivity contribution < 1.29 is 9.53 Å². The first-order valence-corrected chi connectivity index (χ1v) is 8.10. The minimum atomic E-state index is -0.174. The van der Waals surface area contributed by atoms with Crippen LogP contribution in [-0.4, -0.2) is 22.8 Å². The van der Waals surface area contributed by atoms with Gasteiger partial charge in [-0.15, -0.1) is 0 Å². The predicted molar refractivity (Wildman–Crippen MR) is 98.2 cm³/mol. The van der Waals surface area contributed by atoms with Crippen molar-refractivity contribution in [2.45, 2.75) is 20.4 Å². The van der Waals surface area contributed by atoms with Gasteiger partial charge in [-0.2, -0.15) is 5.10 Å². The maximum Gasteiger partial charge on any atom is 0.256 e. The monoisotopic (exact) mass is 335 g/mol. The minimum Gasteiger partial charge on any atom is -0.496 e. The summed E-state index contributed by atoms with van der Waals surface area (Å²) in [5.41, 5.74) is 4.49. The summed E-state index contributed by atoms with van der Waals surface area (Å²) in [6.45, 7) is 4.61. The molecule has 0 spiro atoms. The highest BCUT2D eigenvalue weighted by Crippen LogP contribution is 2.22. The quantitative estimate of drug-likeness (QED) is 0.771. The van der Waals surface area contributed by atoms with Crippen molar-refractivity contribution in [3.05, 3.63) is 77.1 Å². The molecule has 0 saturated heterocycles. The van der Waals surface area contributed by atoms with Crippen LogP contribution in [0.2, 0.25) is 0 Å². The molecule has 5 heteroatoms. The average molecular weight is 335 g/mol. The molecule has 5 nitrogen and oxygen atoms in total. The SMILES string of the molecule is COc1cccc(C(=O)Nc2cnn(Cc3ccccc3C)c2)c1C. The van der Waals surface area contributed by atoms with Gasteiger partial charge >= 0.3 is 0 Å². The van der Waals surface area contributed by atoms with E-state index in [4.69, 9.17) is 4.74 Å². The van der Waals surface area contributed by atoms with Crippen LogP contribution in [0.5, 0.6) is 5.75 Å². The normalized spacial score (nSPS) is 10.5. The third-order valence-corrected chi connectivity index (χ3v) is 4.23. The van der Waals surface area contributed by atoms with Crippen molar-refractivity contribution in [1.29, 1.82) is 0 Å². The number of aryl methyl sites for hydroxylation is 1. The molecule has 2 aromatic carbocycles. The molecule has 0 unspecified atom stereocenters. The van der Waals surface area contributed by atoms with E-state index in [1.165, 1.54) is 11.1 Å². The second-order valence-corrected chi connectivity index (χ2v) is 5.94. The summed E-state index contributed by atoms with van der Waals surface area (Å²) in [4.78, 5) is 12.5. The summed E-state index contributed by atoms with van der Waals surface area (Å²) in [5, 5.41) is 7.23. The number of nitrogens with one attached hydrogen (secondary N) is 1. The lowest BCUT2D eigenvalue weighted by atomic mass is 10.1.